The van der Waals surface area contributed by atoms with E-state index in [2.05, 4.69) is 10.3 Å². The average molecular weight is 376 g/mol. The molecule has 3 rings (SSSR count). The van der Waals surface area contributed by atoms with Crippen LogP contribution < -0.4 is 10.9 Å². The minimum Gasteiger partial charge on any atom is -0.348 e. The molecule has 0 fully saturated rings. The highest BCUT2D eigenvalue weighted by Crippen LogP contribution is 2.25. The van der Waals surface area contributed by atoms with Gasteiger partial charge in [0.1, 0.15) is 11.4 Å². The molecule has 0 saturated carbocycles. The highest BCUT2D eigenvalue weighted by atomic mass is 35.5. The van der Waals surface area contributed by atoms with Crippen LogP contribution in [0.15, 0.2) is 35.4 Å². The summed E-state index contributed by atoms with van der Waals surface area (Å²) >= 11 is 7.37. The normalized spacial score (nSPS) is 12.3. The lowest BCUT2D eigenvalue weighted by Gasteiger charge is -2.15. The maximum absolute atomic E-state index is 12.6. The van der Waals surface area contributed by atoms with E-state index in [4.69, 9.17) is 11.6 Å². The number of fused-ring (bicyclic) bond motifs is 1. The fourth-order valence-electron chi connectivity index (χ4n) is 2.66. The van der Waals surface area contributed by atoms with Gasteiger partial charge in [-0.25, -0.2) is 4.98 Å². The number of hydrogen-bond acceptors (Lipinski definition) is 4. The maximum atomic E-state index is 12.6. The van der Waals surface area contributed by atoms with Crippen molar-refractivity contribution in [1.82, 2.24) is 14.9 Å². The zero-order valence-electron chi connectivity index (χ0n) is 14.2. The topological polar surface area (TPSA) is 64.0 Å². The molecular formula is C18H18ClN3O2S. The van der Waals surface area contributed by atoms with E-state index in [-0.39, 0.29) is 24.1 Å². The third-order valence-corrected chi connectivity index (χ3v) is 5.58. The first-order chi connectivity index (χ1) is 11.9. The number of nitrogens with one attached hydrogen (secondary N) is 1. The first-order valence-electron chi connectivity index (χ1n) is 7.86. The Morgan fingerprint density at radius 2 is 2.00 bits per heavy atom. The Morgan fingerprint density at radius 3 is 2.68 bits per heavy atom. The van der Waals surface area contributed by atoms with Gasteiger partial charge in [0.15, 0.2) is 0 Å². The molecule has 25 heavy (non-hydrogen) atoms. The van der Waals surface area contributed by atoms with Crippen molar-refractivity contribution in [2.24, 2.45) is 0 Å². The summed E-state index contributed by atoms with van der Waals surface area (Å²) in [6.45, 7) is 5.70. The Kier molecular flexibility index (Phi) is 4.92. The number of thiophene rings is 1. The zero-order valence-corrected chi connectivity index (χ0v) is 15.7. The fourth-order valence-corrected chi connectivity index (χ4v) is 3.77. The predicted octanol–water partition coefficient (Wildman–Crippen LogP) is 3.61. The molecule has 1 atom stereocenters. The van der Waals surface area contributed by atoms with Gasteiger partial charge in [-0.2, -0.15) is 0 Å². The van der Waals surface area contributed by atoms with Gasteiger partial charge in [0.2, 0.25) is 5.91 Å². The molecule has 1 amide bonds. The highest BCUT2D eigenvalue weighted by molar-refractivity contribution is 7.18. The Morgan fingerprint density at radius 1 is 1.32 bits per heavy atom. The second kappa shape index (κ2) is 6.98. The van der Waals surface area contributed by atoms with Crippen molar-refractivity contribution in [3.05, 3.63) is 62.0 Å². The minimum absolute atomic E-state index is 0.0615. The fraction of sp³-hybridized carbons (Fsp3) is 0.278. The number of nitrogens with zero attached hydrogens (tertiary/aromatic N) is 2. The van der Waals surface area contributed by atoms with Crippen LogP contribution in [0.25, 0.3) is 10.2 Å². The molecule has 2 aromatic heterocycles. The molecule has 130 valence electrons. The Bertz CT molecular complexity index is 992. The van der Waals surface area contributed by atoms with E-state index in [9.17, 15) is 9.59 Å². The van der Waals surface area contributed by atoms with E-state index in [0.717, 1.165) is 16.0 Å². The largest absolute Gasteiger partial charge is 0.348 e. The number of amides is 1. The van der Waals surface area contributed by atoms with Crippen LogP contribution in [0.3, 0.4) is 0 Å². The molecule has 1 N–H and O–H groups in total. The van der Waals surface area contributed by atoms with Gasteiger partial charge in [0.25, 0.3) is 5.56 Å². The van der Waals surface area contributed by atoms with Crippen molar-refractivity contribution >= 4 is 39.1 Å². The molecule has 5 nitrogen and oxygen atoms in total. The van der Waals surface area contributed by atoms with Crippen molar-refractivity contribution in [3.63, 3.8) is 0 Å². The molecule has 0 saturated heterocycles. The van der Waals surface area contributed by atoms with E-state index < -0.39 is 0 Å². The summed E-state index contributed by atoms with van der Waals surface area (Å²) in [6, 6.07) is 7.12. The molecule has 1 aromatic carbocycles. The molecule has 0 radical (unpaired) electrons. The van der Waals surface area contributed by atoms with E-state index in [1.807, 2.05) is 32.9 Å². The number of rotatable bonds is 4. The number of aryl methyl sites for hydroxylation is 2. The first kappa shape index (κ1) is 17.6. The van der Waals surface area contributed by atoms with E-state index >= 15 is 0 Å². The van der Waals surface area contributed by atoms with Crippen LogP contribution >= 0.6 is 22.9 Å². The summed E-state index contributed by atoms with van der Waals surface area (Å²) in [5, 5.41) is 4.14. The average Bonchev–Trinajstić information content (AvgIpc) is 2.86. The lowest BCUT2D eigenvalue weighted by Crippen LogP contribution is -2.33. The van der Waals surface area contributed by atoms with Gasteiger partial charge >= 0.3 is 0 Å². The van der Waals surface area contributed by atoms with Crippen LogP contribution in [-0.2, 0) is 11.3 Å². The Hall–Kier alpha value is -2.18. The van der Waals surface area contributed by atoms with Crippen molar-refractivity contribution in [2.75, 3.05) is 0 Å². The molecule has 3 aromatic rings. The van der Waals surface area contributed by atoms with Gasteiger partial charge in [0, 0.05) is 9.90 Å². The van der Waals surface area contributed by atoms with Gasteiger partial charge in [-0.3, -0.25) is 14.2 Å². The molecule has 0 aliphatic rings. The van der Waals surface area contributed by atoms with Crippen LogP contribution in [0.4, 0.5) is 0 Å². The molecule has 7 heteroatoms. The van der Waals surface area contributed by atoms with Crippen molar-refractivity contribution in [1.29, 1.82) is 0 Å². The minimum atomic E-state index is -0.240. The van der Waals surface area contributed by atoms with Gasteiger partial charge in [-0.15, -0.1) is 11.3 Å². The predicted molar refractivity (Wildman–Crippen MR) is 101 cm³/mol. The number of benzene rings is 1. The summed E-state index contributed by atoms with van der Waals surface area (Å²) in [7, 11) is 0. The standard InChI is InChI=1S/C18H18ClN3O2S/c1-10-12(3)25-17-16(10)18(24)22(9-20-17)8-15(23)21-11(2)13-4-6-14(19)7-5-13/h4-7,9,11H,8H2,1-3H3,(H,21,23)/t11-/m1/s1. The number of carbonyl (C=O) groups excluding carboxylic acids is 1. The molecule has 0 spiro atoms. The van der Waals surface area contributed by atoms with Crippen molar-refractivity contribution in [2.45, 2.75) is 33.4 Å². The van der Waals surface area contributed by atoms with Crippen LogP contribution in [0.1, 0.15) is 29.0 Å². The molecule has 0 unspecified atom stereocenters. The number of halogens is 1. The van der Waals surface area contributed by atoms with Crippen molar-refractivity contribution < 1.29 is 4.79 Å². The quantitative estimate of drug-likeness (QED) is 0.757. The molecule has 0 aliphatic heterocycles. The Labute approximate surface area is 154 Å². The van der Waals surface area contributed by atoms with Crippen LogP contribution in [-0.4, -0.2) is 15.5 Å². The third kappa shape index (κ3) is 3.60. The molecule has 2 heterocycles. The van der Waals surface area contributed by atoms with Gasteiger partial charge in [-0.1, -0.05) is 23.7 Å². The van der Waals surface area contributed by atoms with Gasteiger partial charge in [0.05, 0.1) is 17.8 Å². The molecule has 0 bridgehead atoms. The first-order valence-corrected chi connectivity index (χ1v) is 9.06. The number of hydrogen-bond donors (Lipinski definition) is 1. The lowest BCUT2D eigenvalue weighted by atomic mass is 10.1. The van der Waals surface area contributed by atoms with Crippen LogP contribution in [0, 0.1) is 13.8 Å². The monoisotopic (exact) mass is 375 g/mol. The van der Waals surface area contributed by atoms with Crippen LogP contribution in [0.2, 0.25) is 5.02 Å². The molecular weight excluding hydrogens is 358 g/mol. The third-order valence-electron chi connectivity index (χ3n) is 4.22. The highest BCUT2D eigenvalue weighted by Gasteiger charge is 2.15. The maximum Gasteiger partial charge on any atom is 0.262 e. The second-order valence-electron chi connectivity index (χ2n) is 5.98. The summed E-state index contributed by atoms with van der Waals surface area (Å²) < 4.78 is 1.35. The molecule has 0 aliphatic carbocycles. The zero-order chi connectivity index (χ0) is 18.1. The van der Waals surface area contributed by atoms with E-state index in [1.54, 1.807) is 12.1 Å². The summed E-state index contributed by atoms with van der Waals surface area (Å²) in [5.41, 5.74) is 1.70. The summed E-state index contributed by atoms with van der Waals surface area (Å²) in [5.74, 6) is -0.240. The van der Waals surface area contributed by atoms with Gasteiger partial charge in [-0.05, 0) is 44.0 Å². The SMILES string of the molecule is Cc1sc2ncn(CC(=O)N[C@H](C)c3ccc(Cl)cc3)c(=O)c2c1C. The van der Waals surface area contributed by atoms with Crippen molar-refractivity contribution in [3.8, 4) is 0 Å². The van der Waals surface area contributed by atoms with Crippen LogP contribution in [0.5, 0.6) is 0 Å². The summed E-state index contributed by atoms with van der Waals surface area (Å²) in [4.78, 5) is 31.0. The lowest BCUT2D eigenvalue weighted by molar-refractivity contribution is -0.122. The number of aromatic nitrogens is 2. The van der Waals surface area contributed by atoms with E-state index in [1.165, 1.54) is 22.2 Å². The second-order valence-corrected chi connectivity index (χ2v) is 7.62. The van der Waals surface area contributed by atoms with Gasteiger partial charge < -0.3 is 5.32 Å². The number of carbonyl (C=O) groups is 1. The smallest absolute Gasteiger partial charge is 0.262 e. The Balaban J connectivity index is 1.78. The summed E-state index contributed by atoms with van der Waals surface area (Å²) in [6.07, 6.45) is 1.44. The van der Waals surface area contributed by atoms with E-state index in [0.29, 0.717) is 15.2 Å².